The van der Waals surface area contributed by atoms with E-state index in [0.29, 0.717) is 12.0 Å². The number of benzene rings is 1. The summed E-state index contributed by atoms with van der Waals surface area (Å²) in [7, 11) is 0. The molecule has 168 valence electrons. The molecule has 1 heterocycles. The fraction of sp³-hybridized carbons (Fsp3) is 0.429. The molecule has 3 atom stereocenters. The number of rotatable bonds is 12. The molecule has 0 aliphatic heterocycles. The molecule has 5 N–H and O–H groups in total. The molecule has 1 aromatic heterocycles. The molecular formula is C21H27N3O6S. The first-order chi connectivity index (χ1) is 14.7. The number of aliphatic carboxylic acids is 2. The van der Waals surface area contributed by atoms with Gasteiger partial charge in [0.2, 0.25) is 11.8 Å². The van der Waals surface area contributed by atoms with Crippen molar-refractivity contribution in [3.63, 3.8) is 0 Å². The molecule has 10 heteroatoms. The zero-order valence-corrected chi connectivity index (χ0v) is 18.0. The predicted molar refractivity (Wildman–Crippen MR) is 118 cm³/mol. The highest BCUT2D eigenvalue weighted by molar-refractivity contribution is 7.81. The van der Waals surface area contributed by atoms with Crippen LogP contribution >= 0.6 is 12.6 Å². The van der Waals surface area contributed by atoms with Crippen LogP contribution in [0.1, 0.15) is 38.2 Å². The fourth-order valence-electron chi connectivity index (χ4n) is 3.17. The number of amides is 2. The van der Waals surface area contributed by atoms with Crippen LogP contribution in [-0.4, -0.2) is 56.3 Å². The summed E-state index contributed by atoms with van der Waals surface area (Å²) in [6, 6.07) is 4.63. The van der Waals surface area contributed by atoms with Crippen molar-refractivity contribution < 1.29 is 29.4 Å². The lowest BCUT2D eigenvalue weighted by Crippen LogP contribution is -2.54. The summed E-state index contributed by atoms with van der Waals surface area (Å²) in [5.41, 5.74) is 1.52. The van der Waals surface area contributed by atoms with E-state index in [-0.39, 0.29) is 6.42 Å². The Balaban J connectivity index is 2.11. The van der Waals surface area contributed by atoms with E-state index in [9.17, 15) is 24.3 Å². The molecule has 0 spiro atoms. The van der Waals surface area contributed by atoms with Crippen molar-refractivity contribution >= 4 is 47.3 Å². The van der Waals surface area contributed by atoms with Crippen LogP contribution in [0.25, 0.3) is 10.9 Å². The lowest BCUT2D eigenvalue weighted by molar-refractivity contribution is -0.143. The maximum atomic E-state index is 12.7. The van der Waals surface area contributed by atoms with Gasteiger partial charge in [0.1, 0.15) is 12.1 Å². The second-order valence-electron chi connectivity index (χ2n) is 7.28. The second-order valence-corrected chi connectivity index (χ2v) is 7.90. The maximum absolute atomic E-state index is 12.7. The third-order valence-corrected chi connectivity index (χ3v) is 5.35. The molecule has 0 bridgehead atoms. The third kappa shape index (κ3) is 7.02. The zero-order chi connectivity index (χ0) is 23.0. The first kappa shape index (κ1) is 24.3. The van der Waals surface area contributed by atoms with Crippen LogP contribution in [0.5, 0.6) is 0 Å². The maximum Gasteiger partial charge on any atom is 0.326 e. The van der Waals surface area contributed by atoms with Gasteiger partial charge in [-0.2, -0.15) is 12.6 Å². The minimum atomic E-state index is -1.41. The first-order valence-corrected chi connectivity index (χ1v) is 10.5. The number of nitrogens with one attached hydrogen (secondary N) is 3. The summed E-state index contributed by atoms with van der Waals surface area (Å²) in [6.45, 7) is 1.96. The second kappa shape index (κ2) is 11.4. The Bertz CT molecular complexity index is 944. The average molecular weight is 450 g/mol. The van der Waals surface area contributed by atoms with Gasteiger partial charge in [0.05, 0.1) is 11.7 Å². The van der Waals surface area contributed by atoms with Crippen LogP contribution in [0.4, 0.5) is 0 Å². The minimum absolute atomic E-state index is 0.00941. The van der Waals surface area contributed by atoms with Crippen molar-refractivity contribution in [1.29, 1.82) is 0 Å². The smallest absolute Gasteiger partial charge is 0.326 e. The lowest BCUT2D eigenvalue weighted by Gasteiger charge is -2.21. The number of hydrogen-bond donors (Lipinski definition) is 6. The van der Waals surface area contributed by atoms with E-state index in [2.05, 4.69) is 28.2 Å². The van der Waals surface area contributed by atoms with Crippen LogP contribution in [-0.2, 0) is 25.6 Å². The largest absolute Gasteiger partial charge is 0.481 e. The number of aromatic nitrogens is 1. The summed E-state index contributed by atoms with van der Waals surface area (Å²) < 4.78 is 0. The molecular weight excluding hydrogens is 422 g/mol. The Morgan fingerprint density at radius 1 is 1.06 bits per heavy atom. The number of thiol groups is 1. The van der Waals surface area contributed by atoms with Crippen molar-refractivity contribution in [2.24, 2.45) is 0 Å². The Morgan fingerprint density at radius 3 is 2.39 bits per heavy atom. The van der Waals surface area contributed by atoms with Crippen molar-refractivity contribution in [3.05, 3.63) is 36.0 Å². The number of hydrogen-bond acceptors (Lipinski definition) is 5. The number of fused-ring (bicyclic) bond motifs is 1. The van der Waals surface area contributed by atoms with E-state index in [4.69, 9.17) is 5.11 Å². The summed E-state index contributed by atoms with van der Waals surface area (Å²) >= 11 is 4.20. The molecule has 0 aliphatic rings. The van der Waals surface area contributed by atoms with E-state index in [0.717, 1.165) is 23.7 Å². The highest BCUT2D eigenvalue weighted by atomic mass is 32.1. The molecule has 0 fully saturated rings. The highest BCUT2D eigenvalue weighted by Gasteiger charge is 2.30. The number of carboxylic acids is 2. The van der Waals surface area contributed by atoms with Crippen molar-refractivity contribution in [2.45, 2.75) is 56.4 Å². The first-order valence-electron chi connectivity index (χ1n) is 10.0. The number of carbonyl (C=O) groups excluding carboxylic acids is 2. The number of H-pyrrole nitrogens is 1. The van der Waals surface area contributed by atoms with Gasteiger partial charge < -0.3 is 25.8 Å². The molecule has 31 heavy (non-hydrogen) atoms. The molecule has 1 aromatic carbocycles. The Kier molecular flexibility index (Phi) is 8.92. The SMILES string of the molecule is CCCCC(S)C(=O)NC(CC(=O)O)C(=O)NC(Cc1c[nH]c2ccccc12)C(=O)O. The van der Waals surface area contributed by atoms with Crippen molar-refractivity contribution in [2.75, 3.05) is 0 Å². The summed E-state index contributed by atoms with van der Waals surface area (Å²) in [5.74, 6) is -4.01. The molecule has 2 rings (SSSR count). The van der Waals surface area contributed by atoms with Gasteiger partial charge in [0.15, 0.2) is 0 Å². The number of aromatic amines is 1. The quantitative estimate of drug-likeness (QED) is 0.272. The molecule has 2 amide bonds. The van der Waals surface area contributed by atoms with Gasteiger partial charge in [0.25, 0.3) is 0 Å². The number of para-hydroxylation sites is 1. The normalized spacial score (nSPS) is 13.9. The predicted octanol–water partition coefficient (Wildman–Crippen LogP) is 1.73. The van der Waals surface area contributed by atoms with Gasteiger partial charge in [-0.25, -0.2) is 4.79 Å². The lowest BCUT2D eigenvalue weighted by atomic mass is 10.0. The van der Waals surface area contributed by atoms with E-state index in [1.807, 2.05) is 31.2 Å². The Hall–Kier alpha value is -3.01. The fourth-order valence-corrected chi connectivity index (χ4v) is 3.43. The molecule has 0 saturated heterocycles. The van der Waals surface area contributed by atoms with Crippen LogP contribution < -0.4 is 10.6 Å². The molecule has 0 aliphatic carbocycles. The van der Waals surface area contributed by atoms with Crippen LogP contribution in [0.15, 0.2) is 30.5 Å². The standard InChI is InChI=1S/C21H27N3O6S/c1-2-3-8-17(31)20(28)23-15(10-18(25)26)19(27)24-16(21(29)30)9-12-11-22-14-7-5-4-6-13(12)14/h4-7,11,15-17,22,31H,2-3,8-10H2,1H3,(H,23,28)(H,24,27)(H,25,26)(H,29,30). The van der Waals surface area contributed by atoms with Crippen molar-refractivity contribution in [1.82, 2.24) is 15.6 Å². The van der Waals surface area contributed by atoms with E-state index >= 15 is 0 Å². The molecule has 2 aromatic rings. The van der Waals surface area contributed by atoms with E-state index < -0.39 is 47.5 Å². The van der Waals surface area contributed by atoms with Gasteiger partial charge >= 0.3 is 11.9 Å². The summed E-state index contributed by atoms with van der Waals surface area (Å²) in [6.07, 6.45) is 3.07. The van der Waals surface area contributed by atoms with Gasteiger partial charge in [0, 0.05) is 23.5 Å². The Morgan fingerprint density at radius 2 is 1.74 bits per heavy atom. The van der Waals surface area contributed by atoms with Crippen molar-refractivity contribution in [3.8, 4) is 0 Å². The number of unbranched alkanes of at least 4 members (excludes halogenated alkanes) is 1. The zero-order valence-electron chi connectivity index (χ0n) is 17.1. The number of carboxylic acid groups (broad SMARTS) is 2. The topological polar surface area (TPSA) is 149 Å². The monoisotopic (exact) mass is 449 g/mol. The molecule has 0 radical (unpaired) electrons. The van der Waals surface area contributed by atoms with Crippen LogP contribution in [0, 0.1) is 0 Å². The molecule has 9 nitrogen and oxygen atoms in total. The van der Waals surface area contributed by atoms with Gasteiger partial charge in [-0.15, -0.1) is 0 Å². The minimum Gasteiger partial charge on any atom is -0.481 e. The van der Waals surface area contributed by atoms with Crippen LogP contribution in [0.2, 0.25) is 0 Å². The van der Waals surface area contributed by atoms with Crippen LogP contribution in [0.3, 0.4) is 0 Å². The summed E-state index contributed by atoms with van der Waals surface area (Å²) in [5, 5.41) is 23.6. The summed E-state index contributed by atoms with van der Waals surface area (Å²) in [4.78, 5) is 50.9. The average Bonchev–Trinajstić information content (AvgIpc) is 3.13. The third-order valence-electron chi connectivity index (χ3n) is 4.86. The number of carbonyl (C=O) groups is 4. The molecule has 0 saturated carbocycles. The Labute approximate surface area is 185 Å². The highest BCUT2D eigenvalue weighted by Crippen LogP contribution is 2.19. The van der Waals surface area contributed by atoms with E-state index in [1.54, 1.807) is 6.20 Å². The van der Waals surface area contributed by atoms with Gasteiger partial charge in [-0.05, 0) is 18.1 Å². The molecule has 3 unspecified atom stereocenters. The van der Waals surface area contributed by atoms with Gasteiger partial charge in [-0.1, -0.05) is 38.0 Å². The van der Waals surface area contributed by atoms with E-state index in [1.165, 1.54) is 0 Å². The van der Waals surface area contributed by atoms with Gasteiger partial charge in [-0.3, -0.25) is 14.4 Å².